The van der Waals surface area contributed by atoms with Gasteiger partial charge in [-0.15, -0.1) is 0 Å². The molecule has 0 radical (unpaired) electrons. The Hall–Kier alpha value is -1.06. The van der Waals surface area contributed by atoms with Crippen molar-refractivity contribution in [1.82, 2.24) is 5.48 Å². The lowest BCUT2D eigenvalue weighted by Gasteiger charge is -2.23. The van der Waals surface area contributed by atoms with Gasteiger partial charge in [-0.05, 0) is 52.3 Å². The van der Waals surface area contributed by atoms with Crippen molar-refractivity contribution in [2.45, 2.75) is 46.3 Å². The molecule has 0 aromatic heterocycles. The van der Waals surface area contributed by atoms with Crippen molar-refractivity contribution >= 4 is 0 Å². The number of rotatable bonds is 5. The van der Waals surface area contributed by atoms with Gasteiger partial charge in [-0.25, -0.2) is 0 Å². The summed E-state index contributed by atoms with van der Waals surface area (Å²) in [6.45, 7) is 10.8. The van der Waals surface area contributed by atoms with E-state index in [1.807, 2.05) is 39.8 Å². The summed E-state index contributed by atoms with van der Waals surface area (Å²) in [7, 11) is 0. The molecule has 0 saturated heterocycles. The molecule has 0 aliphatic heterocycles. The average Bonchev–Trinajstić information content (AvgIpc) is 2.26. The zero-order chi connectivity index (χ0) is 12.9. The first kappa shape index (κ1) is 14.0. The first-order chi connectivity index (χ1) is 7.92. The molecular weight excluding hydrogens is 214 g/mol. The maximum absolute atomic E-state index is 5.54. The van der Waals surface area contributed by atoms with Gasteiger partial charge in [-0.2, -0.15) is 5.48 Å². The molecule has 96 valence electrons. The van der Waals surface area contributed by atoms with Crippen LogP contribution in [0.4, 0.5) is 0 Å². The summed E-state index contributed by atoms with van der Waals surface area (Å²) >= 11 is 0. The summed E-state index contributed by atoms with van der Waals surface area (Å²) in [4.78, 5) is 5.54. The van der Waals surface area contributed by atoms with Crippen LogP contribution in [0.5, 0.6) is 5.75 Å². The Bertz CT molecular complexity index is 327. The Morgan fingerprint density at radius 2 is 1.76 bits per heavy atom. The van der Waals surface area contributed by atoms with Crippen molar-refractivity contribution in [3.05, 3.63) is 29.8 Å². The van der Waals surface area contributed by atoms with Gasteiger partial charge in [0, 0.05) is 0 Å². The van der Waals surface area contributed by atoms with Gasteiger partial charge in [0.2, 0.25) is 0 Å². The van der Waals surface area contributed by atoms with Crippen LogP contribution in [0.25, 0.3) is 0 Å². The molecule has 3 heteroatoms. The van der Waals surface area contributed by atoms with Gasteiger partial charge in [0.15, 0.2) is 0 Å². The minimum absolute atomic E-state index is 0.157. The van der Waals surface area contributed by atoms with Crippen molar-refractivity contribution in [3.8, 4) is 5.75 Å². The van der Waals surface area contributed by atoms with Crippen LogP contribution in [-0.2, 0) is 4.84 Å². The van der Waals surface area contributed by atoms with Crippen molar-refractivity contribution in [2.24, 2.45) is 0 Å². The van der Waals surface area contributed by atoms with Crippen LogP contribution >= 0.6 is 0 Å². The first-order valence-corrected chi connectivity index (χ1v) is 6.08. The molecule has 0 aliphatic carbocycles. The van der Waals surface area contributed by atoms with E-state index in [0.29, 0.717) is 6.61 Å². The summed E-state index contributed by atoms with van der Waals surface area (Å²) in [6.07, 6.45) is 0. The Balaban J connectivity index is 2.54. The molecule has 1 N–H and O–H groups in total. The van der Waals surface area contributed by atoms with Crippen LogP contribution in [0.1, 0.15) is 46.2 Å². The predicted octanol–water partition coefficient (Wildman–Crippen LogP) is 3.47. The molecule has 1 aromatic carbocycles. The summed E-state index contributed by atoms with van der Waals surface area (Å²) < 4.78 is 5.40. The molecule has 0 bridgehead atoms. The van der Waals surface area contributed by atoms with E-state index in [-0.39, 0.29) is 11.6 Å². The fourth-order valence-corrected chi connectivity index (χ4v) is 1.35. The lowest BCUT2D eigenvalue weighted by molar-refractivity contribution is -0.0866. The van der Waals surface area contributed by atoms with E-state index >= 15 is 0 Å². The molecule has 0 amide bonds. The Morgan fingerprint density at radius 3 is 2.24 bits per heavy atom. The highest BCUT2D eigenvalue weighted by Crippen LogP contribution is 2.18. The van der Waals surface area contributed by atoms with Gasteiger partial charge in [-0.3, -0.25) is 4.84 Å². The second-order valence-corrected chi connectivity index (χ2v) is 5.06. The van der Waals surface area contributed by atoms with Crippen LogP contribution in [0.2, 0.25) is 0 Å². The molecule has 0 spiro atoms. The van der Waals surface area contributed by atoms with Gasteiger partial charge in [0.1, 0.15) is 5.75 Å². The third-order valence-electron chi connectivity index (χ3n) is 2.23. The molecule has 1 atom stereocenters. The molecule has 17 heavy (non-hydrogen) atoms. The monoisotopic (exact) mass is 237 g/mol. The Kier molecular flexibility index (Phi) is 4.97. The summed E-state index contributed by atoms with van der Waals surface area (Å²) in [6, 6.07) is 8.22. The molecule has 1 aromatic rings. The SMILES string of the molecule is CCOc1ccc(C(C)NOC(C)(C)C)cc1. The Labute approximate surface area is 104 Å². The molecule has 1 rings (SSSR count). The molecule has 1 unspecified atom stereocenters. The van der Waals surface area contributed by atoms with Gasteiger partial charge < -0.3 is 4.74 Å². The van der Waals surface area contributed by atoms with Crippen molar-refractivity contribution in [1.29, 1.82) is 0 Å². The van der Waals surface area contributed by atoms with Gasteiger partial charge in [0.05, 0.1) is 18.2 Å². The lowest BCUT2D eigenvalue weighted by Crippen LogP contribution is -2.30. The molecule has 0 fully saturated rings. The van der Waals surface area contributed by atoms with E-state index in [2.05, 4.69) is 24.5 Å². The maximum Gasteiger partial charge on any atom is 0.119 e. The second-order valence-electron chi connectivity index (χ2n) is 5.06. The lowest BCUT2D eigenvalue weighted by atomic mass is 10.1. The fraction of sp³-hybridized carbons (Fsp3) is 0.571. The zero-order valence-corrected chi connectivity index (χ0v) is 11.4. The van der Waals surface area contributed by atoms with Crippen LogP contribution in [0.15, 0.2) is 24.3 Å². The predicted molar refractivity (Wildman–Crippen MR) is 70.0 cm³/mol. The van der Waals surface area contributed by atoms with Crippen LogP contribution < -0.4 is 10.2 Å². The number of hydroxylamine groups is 1. The van der Waals surface area contributed by atoms with E-state index in [1.165, 1.54) is 5.56 Å². The van der Waals surface area contributed by atoms with E-state index in [1.54, 1.807) is 0 Å². The topological polar surface area (TPSA) is 30.5 Å². The number of hydrogen-bond acceptors (Lipinski definition) is 3. The van der Waals surface area contributed by atoms with Crippen LogP contribution in [0.3, 0.4) is 0 Å². The second kappa shape index (κ2) is 6.03. The molecule has 3 nitrogen and oxygen atoms in total. The summed E-state index contributed by atoms with van der Waals surface area (Å²) in [5.41, 5.74) is 4.05. The van der Waals surface area contributed by atoms with Crippen molar-refractivity contribution in [2.75, 3.05) is 6.61 Å². The highest BCUT2D eigenvalue weighted by molar-refractivity contribution is 5.28. The minimum atomic E-state index is -0.181. The van der Waals surface area contributed by atoms with Crippen LogP contribution in [-0.4, -0.2) is 12.2 Å². The van der Waals surface area contributed by atoms with Crippen molar-refractivity contribution in [3.63, 3.8) is 0 Å². The molecule has 0 aliphatic rings. The minimum Gasteiger partial charge on any atom is -0.494 e. The third kappa shape index (κ3) is 5.20. The van der Waals surface area contributed by atoms with Gasteiger partial charge >= 0.3 is 0 Å². The highest BCUT2D eigenvalue weighted by atomic mass is 16.7. The average molecular weight is 237 g/mol. The number of nitrogens with one attached hydrogen (secondary N) is 1. The van der Waals surface area contributed by atoms with Crippen LogP contribution in [0, 0.1) is 0 Å². The zero-order valence-electron chi connectivity index (χ0n) is 11.4. The number of hydrogen-bond donors (Lipinski definition) is 1. The molecule has 0 heterocycles. The number of benzene rings is 1. The summed E-state index contributed by atoms with van der Waals surface area (Å²) in [5, 5.41) is 0. The van der Waals surface area contributed by atoms with E-state index < -0.39 is 0 Å². The number of ether oxygens (including phenoxy) is 1. The van der Waals surface area contributed by atoms with Crippen molar-refractivity contribution < 1.29 is 9.57 Å². The highest BCUT2D eigenvalue weighted by Gasteiger charge is 2.13. The van der Waals surface area contributed by atoms with Gasteiger partial charge in [0.25, 0.3) is 0 Å². The van der Waals surface area contributed by atoms with E-state index in [9.17, 15) is 0 Å². The Morgan fingerprint density at radius 1 is 1.18 bits per heavy atom. The van der Waals surface area contributed by atoms with Gasteiger partial charge in [-0.1, -0.05) is 12.1 Å². The fourth-order valence-electron chi connectivity index (χ4n) is 1.35. The standard InChI is InChI=1S/C14H23NO2/c1-6-16-13-9-7-12(8-10-13)11(2)15-17-14(3,4)5/h7-11,15H,6H2,1-5H3. The first-order valence-electron chi connectivity index (χ1n) is 6.08. The van der Waals surface area contributed by atoms with E-state index in [4.69, 9.17) is 9.57 Å². The smallest absolute Gasteiger partial charge is 0.119 e. The largest absolute Gasteiger partial charge is 0.494 e. The molecule has 0 saturated carbocycles. The third-order valence-corrected chi connectivity index (χ3v) is 2.23. The quantitative estimate of drug-likeness (QED) is 0.795. The maximum atomic E-state index is 5.54. The summed E-state index contributed by atoms with van der Waals surface area (Å²) in [5.74, 6) is 0.903. The van der Waals surface area contributed by atoms with E-state index in [0.717, 1.165) is 5.75 Å². The normalized spacial score (nSPS) is 13.5. The molecular formula is C14H23NO2.